The minimum absolute atomic E-state index is 0.121. The van der Waals surface area contributed by atoms with E-state index in [0.717, 1.165) is 16.7 Å². The SMILES string of the molecule is COC(=O)c1ccc(Cc2cc3c(=O)n([C@H]4CCOC[C@@H]4O)cnc3c(C)c2C)cc1F. The van der Waals surface area contributed by atoms with Crippen molar-refractivity contribution in [3.63, 3.8) is 0 Å². The number of ether oxygens (including phenoxy) is 2. The fourth-order valence-electron chi connectivity index (χ4n) is 4.23. The molecule has 0 unspecified atom stereocenters. The lowest BCUT2D eigenvalue weighted by atomic mass is 9.94. The van der Waals surface area contributed by atoms with Crippen LogP contribution in [0.1, 0.15) is 45.1 Å². The summed E-state index contributed by atoms with van der Waals surface area (Å²) in [5.74, 6) is -1.38. The maximum absolute atomic E-state index is 14.4. The second kappa shape index (κ2) is 8.80. The molecule has 1 aliphatic rings. The molecule has 7 nitrogen and oxygen atoms in total. The van der Waals surface area contributed by atoms with Crippen molar-refractivity contribution in [3.8, 4) is 0 Å². The number of hydrogen-bond donors (Lipinski definition) is 1. The lowest BCUT2D eigenvalue weighted by Crippen LogP contribution is -2.39. The Labute approximate surface area is 184 Å². The first-order valence-corrected chi connectivity index (χ1v) is 10.4. The number of aliphatic hydroxyl groups is 1. The van der Waals surface area contributed by atoms with Crippen LogP contribution in [0.4, 0.5) is 4.39 Å². The highest BCUT2D eigenvalue weighted by Gasteiger charge is 2.27. The number of halogens is 1. The number of aliphatic hydroxyl groups excluding tert-OH is 1. The number of carbonyl (C=O) groups excluding carboxylic acids is 1. The highest BCUT2D eigenvalue weighted by molar-refractivity contribution is 5.89. The van der Waals surface area contributed by atoms with Gasteiger partial charge in [0.2, 0.25) is 0 Å². The van der Waals surface area contributed by atoms with E-state index in [4.69, 9.17) is 4.74 Å². The van der Waals surface area contributed by atoms with E-state index in [1.165, 1.54) is 30.1 Å². The number of hydrogen-bond acceptors (Lipinski definition) is 6. The Hall–Kier alpha value is -3.10. The Morgan fingerprint density at radius 1 is 1.31 bits per heavy atom. The molecule has 0 bridgehead atoms. The number of methoxy groups -OCH3 is 1. The van der Waals surface area contributed by atoms with Crippen molar-refractivity contribution >= 4 is 16.9 Å². The second-order valence-electron chi connectivity index (χ2n) is 8.12. The fraction of sp³-hybridized carbons (Fsp3) is 0.375. The number of aryl methyl sites for hydroxylation is 1. The van der Waals surface area contributed by atoms with E-state index in [1.807, 2.05) is 13.8 Å². The van der Waals surface area contributed by atoms with Crippen LogP contribution in [0, 0.1) is 19.7 Å². The van der Waals surface area contributed by atoms with E-state index in [9.17, 15) is 19.1 Å². The molecule has 2 heterocycles. The molecule has 3 aromatic rings. The number of rotatable bonds is 4. The summed E-state index contributed by atoms with van der Waals surface area (Å²) >= 11 is 0. The quantitative estimate of drug-likeness (QED) is 0.628. The third-order valence-electron chi connectivity index (χ3n) is 6.23. The van der Waals surface area contributed by atoms with Crippen molar-refractivity contribution in [2.24, 2.45) is 0 Å². The van der Waals surface area contributed by atoms with Crippen molar-refractivity contribution in [1.82, 2.24) is 9.55 Å². The Balaban J connectivity index is 1.76. The van der Waals surface area contributed by atoms with Crippen LogP contribution in [0.15, 0.2) is 35.4 Å². The van der Waals surface area contributed by atoms with Crippen molar-refractivity contribution in [3.05, 3.63) is 74.6 Å². The molecule has 4 rings (SSSR count). The molecular formula is C24H25FN2O5. The lowest BCUT2D eigenvalue weighted by molar-refractivity contribution is -0.0395. The molecule has 168 valence electrons. The van der Waals surface area contributed by atoms with E-state index in [1.54, 1.807) is 12.1 Å². The first kappa shape index (κ1) is 22.1. The minimum atomic E-state index is -0.775. The van der Waals surface area contributed by atoms with Gasteiger partial charge in [-0.1, -0.05) is 6.07 Å². The van der Waals surface area contributed by atoms with Crippen LogP contribution in [-0.2, 0) is 15.9 Å². The van der Waals surface area contributed by atoms with E-state index in [2.05, 4.69) is 9.72 Å². The van der Waals surface area contributed by atoms with Gasteiger partial charge in [0.1, 0.15) is 5.82 Å². The summed E-state index contributed by atoms with van der Waals surface area (Å²) in [6.07, 6.45) is 1.63. The highest BCUT2D eigenvalue weighted by atomic mass is 19.1. The summed E-state index contributed by atoms with van der Waals surface area (Å²) in [4.78, 5) is 29.5. The molecule has 1 fully saturated rings. The van der Waals surface area contributed by atoms with Gasteiger partial charge in [0.05, 0.1) is 48.7 Å². The number of esters is 1. The molecule has 2 aromatic carbocycles. The first-order valence-electron chi connectivity index (χ1n) is 10.4. The molecule has 0 saturated carbocycles. The molecule has 8 heteroatoms. The lowest BCUT2D eigenvalue weighted by Gasteiger charge is -2.29. The van der Waals surface area contributed by atoms with Crippen LogP contribution in [0.5, 0.6) is 0 Å². The zero-order valence-electron chi connectivity index (χ0n) is 18.2. The van der Waals surface area contributed by atoms with Gasteiger partial charge in [-0.25, -0.2) is 14.2 Å². The van der Waals surface area contributed by atoms with Gasteiger partial charge >= 0.3 is 5.97 Å². The monoisotopic (exact) mass is 440 g/mol. The molecule has 2 atom stereocenters. The van der Waals surface area contributed by atoms with Gasteiger partial charge in [-0.15, -0.1) is 0 Å². The largest absolute Gasteiger partial charge is 0.465 e. The van der Waals surface area contributed by atoms with Gasteiger partial charge in [-0.3, -0.25) is 9.36 Å². The Morgan fingerprint density at radius 3 is 2.78 bits per heavy atom. The average Bonchev–Trinajstić information content (AvgIpc) is 2.78. The van der Waals surface area contributed by atoms with Gasteiger partial charge in [0.15, 0.2) is 0 Å². The Morgan fingerprint density at radius 2 is 2.09 bits per heavy atom. The molecule has 32 heavy (non-hydrogen) atoms. The summed E-state index contributed by atoms with van der Waals surface area (Å²) in [5, 5.41) is 10.7. The summed E-state index contributed by atoms with van der Waals surface area (Å²) in [6, 6.07) is 5.79. The fourth-order valence-corrected chi connectivity index (χ4v) is 4.23. The molecule has 0 amide bonds. The minimum Gasteiger partial charge on any atom is -0.465 e. The maximum atomic E-state index is 14.4. The van der Waals surface area contributed by atoms with Crippen LogP contribution in [-0.4, -0.2) is 47.1 Å². The molecule has 0 spiro atoms. The average molecular weight is 440 g/mol. The first-order chi connectivity index (χ1) is 15.3. The van der Waals surface area contributed by atoms with Gasteiger partial charge in [0, 0.05) is 6.61 Å². The van der Waals surface area contributed by atoms with Crippen LogP contribution in [0.2, 0.25) is 0 Å². The van der Waals surface area contributed by atoms with Crippen molar-refractivity contribution in [1.29, 1.82) is 0 Å². The van der Waals surface area contributed by atoms with Crippen LogP contribution < -0.4 is 5.56 Å². The molecule has 1 N–H and O–H groups in total. The van der Waals surface area contributed by atoms with Gasteiger partial charge in [-0.2, -0.15) is 0 Å². The van der Waals surface area contributed by atoms with Gasteiger partial charge in [0.25, 0.3) is 5.56 Å². The summed E-state index contributed by atoms with van der Waals surface area (Å²) in [7, 11) is 1.21. The van der Waals surface area contributed by atoms with Crippen molar-refractivity contribution < 1.29 is 23.8 Å². The smallest absolute Gasteiger partial charge is 0.340 e. The zero-order valence-corrected chi connectivity index (χ0v) is 18.2. The Bertz CT molecular complexity index is 1250. The Kier molecular flexibility index (Phi) is 6.08. The van der Waals surface area contributed by atoms with Crippen LogP contribution in [0.25, 0.3) is 10.9 Å². The number of aromatic nitrogens is 2. The van der Waals surface area contributed by atoms with E-state index in [-0.39, 0.29) is 17.7 Å². The topological polar surface area (TPSA) is 90.7 Å². The zero-order chi connectivity index (χ0) is 23.0. The summed E-state index contributed by atoms with van der Waals surface area (Å²) < 4.78 is 25.7. The molecular weight excluding hydrogens is 415 g/mol. The van der Waals surface area contributed by atoms with Crippen molar-refractivity contribution in [2.75, 3.05) is 20.3 Å². The summed E-state index contributed by atoms with van der Waals surface area (Å²) in [5.41, 5.74) is 3.64. The number of nitrogens with zero attached hydrogens (tertiary/aromatic N) is 2. The predicted molar refractivity (Wildman–Crippen MR) is 117 cm³/mol. The third-order valence-corrected chi connectivity index (χ3v) is 6.23. The van der Waals surface area contributed by atoms with E-state index >= 15 is 0 Å². The van der Waals surface area contributed by atoms with Crippen LogP contribution >= 0.6 is 0 Å². The number of fused-ring (bicyclic) bond motifs is 1. The number of carbonyl (C=O) groups is 1. The maximum Gasteiger partial charge on any atom is 0.340 e. The van der Waals surface area contributed by atoms with E-state index < -0.39 is 23.9 Å². The van der Waals surface area contributed by atoms with Gasteiger partial charge in [-0.05, 0) is 67.1 Å². The second-order valence-corrected chi connectivity index (χ2v) is 8.12. The predicted octanol–water partition coefficient (Wildman–Crippen LogP) is 2.85. The molecule has 1 aromatic heterocycles. The molecule has 0 aliphatic carbocycles. The highest BCUT2D eigenvalue weighted by Crippen LogP contribution is 2.26. The normalized spacial score (nSPS) is 18.7. The molecule has 1 saturated heterocycles. The summed E-state index contributed by atoms with van der Waals surface area (Å²) in [6.45, 7) is 4.50. The molecule has 1 aliphatic heterocycles. The third kappa shape index (κ3) is 3.91. The standard InChI is InChI=1S/C24H25FN2O5/c1-13-14(2)22-18(23(29)27(12-26-22)20-6-7-32-11-21(20)28)10-16(13)8-15-4-5-17(19(25)9-15)24(30)31-3/h4-5,9-10,12,20-21,28H,6-8,11H2,1-3H3/t20-,21-/m0/s1. The van der Waals surface area contributed by atoms with Gasteiger partial charge < -0.3 is 14.6 Å². The van der Waals surface area contributed by atoms with Crippen LogP contribution in [0.3, 0.4) is 0 Å². The van der Waals surface area contributed by atoms with Crippen molar-refractivity contribution in [2.45, 2.75) is 38.8 Å². The molecule has 0 radical (unpaired) electrons. The van der Waals surface area contributed by atoms with E-state index in [0.29, 0.717) is 35.9 Å². The number of benzene rings is 2.